The second-order valence-corrected chi connectivity index (χ2v) is 10.2. The zero-order chi connectivity index (χ0) is 24.0. The van der Waals surface area contributed by atoms with E-state index in [-0.39, 0.29) is 28.6 Å². The highest BCUT2D eigenvalue weighted by atomic mass is 32.2. The molecule has 1 aliphatic rings. The number of fused-ring (bicyclic) bond motifs is 1. The number of carbonyl (C=O) groups is 1. The second-order valence-electron chi connectivity index (χ2n) is 8.58. The lowest BCUT2D eigenvalue weighted by Gasteiger charge is -2.30. The normalized spacial score (nSPS) is 17.6. The number of likely N-dealkylation sites (N-methyl/N-ethyl adjacent to an activating group) is 1. The van der Waals surface area contributed by atoms with E-state index in [1.165, 1.54) is 5.56 Å². The molecule has 2 atom stereocenters. The van der Waals surface area contributed by atoms with Crippen LogP contribution in [0.2, 0.25) is 0 Å². The fourth-order valence-corrected chi connectivity index (χ4v) is 5.40. The van der Waals surface area contributed by atoms with Crippen molar-refractivity contribution in [2.24, 2.45) is 10.9 Å². The third kappa shape index (κ3) is 6.00. The molecule has 2 N–H and O–H groups in total. The molecule has 0 radical (unpaired) electrons. The highest BCUT2D eigenvalue weighted by molar-refractivity contribution is 7.90. The molecule has 0 bridgehead atoms. The van der Waals surface area contributed by atoms with Crippen molar-refractivity contribution in [1.29, 1.82) is 0 Å². The molecule has 33 heavy (non-hydrogen) atoms. The van der Waals surface area contributed by atoms with E-state index < -0.39 is 16.1 Å². The van der Waals surface area contributed by atoms with Gasteiger partial charge in [-0.2, -0.15) is 0 Å². The summed E-state index contributed by atoms with van der Waals surface area (Å²) in [4.78, 5) is 20.3. The van der Waals surface area contributed by atoms with Gasteiger partial charge in [0.2, 0.25) is 5.91 Å². The van der Waals surface area contributed by atoms with E-state index in [1.807, 2.05) is 32.0 Å². The molecule has 7 nitrogen and oxygen atoms in total. The van der Waals surface area contributed by atoms with Crippen LogP contribution >= 0.6 is 0 Å². The maximum atomic E-state index is 13.2. The van der Waals surface area contributed by atoms with E-state index >= 15 is 0 Å². The first kappa shape index (κ1) is 24.9. The van der Waals surface area contributed by atoms with Gasteiger partial charge in [-0.25, -0.2) is 8.42 Å². The van der Waals surface area contributed by atoms with Crippen LogP contribution in [0.4, 0.5) is 0 Å². The molecule has 1 aliphatic heterocycles. The van der Waals surface area contributed by atoms with E-state index in [9.17, 15) is 13.2 Å². The molecule has 1 unspecified atom stereocenters. The van der Waals surface area contributed by atoms with Crippen LogP contribution in [-0.4, -0.2) is 56.8 Å². The number of hydrogen-bond donors (Lipinski definition) is 2. The number of rotatable bonds is 10. The molecule has 0 spiro atoms. The minimum Gasteiger partial charge on any atom is -0.353 e. The van der Waals surface area contributed by atoms with Gasteiger partial charge >= 0.3 is 0 Å². The van der Waals surface area contributed by atoms with Crippen molar-refractivity contribution in [3.8, 4) is 0 Å². The van der Waals surface area contributed by atoms with E-state index in [2.05, 4.69) is 45.9 Å². The lowest BCUT2D eigenvalue weighted by atomic mass is 10.0. The maximum Gasteiger partial charge on any atom is 0.263 e. The molecular weight excluding hydrogens is 436 g/mol. The Kier molecular flexibility index (Phi) is 8.26. The SMILES string of the molecule is CCN(CC)C(CNC(=O)[C@@H](N=C1NS(=O)(=O)c2ccccc21)C(C)C)Cc1ccccc1. The van der Waals surface area contributed by atoms with Crippen molar-refractivity contribution in [2.45, 2.75) is 51.1 Å². The molecule has 2 aromatic carbocycles. The zero-order valence-corrected chi connectivity index (χ0v) is 20.6. The third-order valence-electron chi connectivity index (χ3n) is 5.99. The van der Waals surface area contributed by atoms with Gasteiger partial charge in [0.25, 0.3) is 10.0 Å². The number of hydrogen-bond acceptors (Lipinski definition) is 5. The van der Waals surface area contributed by atoms with Gasteiger partial charge in [-0.1, -0.05) is 70.2 Å². The van der Waals surface area contributed by atoms with Gasteiger partial charge in [-0.3, -0.25) is 19.4 Å². The Bertz CT molecular complexity index is 1080. The van der Waals surface area contributed by atoms with E-state index in [0.717, 1.165) is 19.5 Å². The summed E-state index contributed by atoms with van der Waals surface area (Å²) >= 11 is 0. The summed E-state index contributed by atoms with van der Waals surface area (Å²) in [5.74, 6) is -0.0777. The van der Waals surface area contributed by atoms with Crippen molar-refractivity contribution in [3.05, 3.63) is 65.7 Å². The Hall–Kier alpha value is -2.71. The minimum absolute atomic E-state index is 0.101. The van der Waals surface area contributed by atoms with Gasteiger partial charge in [-0.15, -0.1) is 0 Å². The van der Waals surface area contributed by atoms with Gasteiger partial charge in [0, 0.05) is 18.2 Å². The molecule has 0 aromatic heterocycles. The predicted octanol–water partition coefficient (Wildman–Crippen LogP) is 2.82. The Morgan fingerprint density at radius 2 is 1.67 bits per heavy atom. The van der Waals surface area contributed by atoms with Crippen LogP contribution in [0, 0.1) is 5.92 Å². The standard InChI is InChI=1S/C25H34N4O3S/c1-5-29(6-2)20(16-19-12-8-7-9-13-19)17-26-25(30)23(18(3)4)27-24-21-14-10-11-15-22(21)33(31,32)28-24/h7-15,18,20,23H,5-6,16-17H2,1-4H3,(H,26,30)(H,27,28)/t20?,23-/m0/s1. The van der Waals surface area contributed by atoms with Gasteiger partial charge < -0.3 is 5.32 Å². The number of nitrogens with one attached hydrogen (secondary N) is 2. The van der Waals surface area contributed by atoms with Crippen molar-refractivity contribution in [2.75, 3.05) is 19.6 Å². The number of nitrogens with zero attached hydrogens (tertiary/aromatic N) is 2. The Morgan fingerprint density at radius 1 is 1.03 bits per heavy atom. The van der Waals surface area contributed by atoms with E-state index in [4.69, 9.17) is 0 Å². The summed E-state index contributed by atoms with van der Waals surface area (Å²) in [5.41, 5.74) is 1.72. The van der Waals surface area contributed by atoms with Crippen molar-refractivity contribution in [1.82, 2.24) is 14.9 Å². The highest BCUT2D eigenvalue weighted by Crippen LogP contribution is 2.23. The average Bonchev–Trinajstić information content (AvgIpc) is 3.06. The van der Waals surface area contributed by atoms with Crippen LogP contribution in [0.1, 0.15) is 38.8 Å². The maximum absolute atomic E-state index is 13.2. The monoisotopic (exact) mass is 470 g/mol. The third-order valence-corrected chi connectivity index (χ3v) is 7.38. The topological polar surface area (TPSA) is 90.9 Å². The Morgan fingerprint density at radius 3 is 2.30 bits per heavy atom. The summed E-state index contributed by atoms with van der Waals surface area (Å²) in [5, 5.41) is 3.09. The Labute approximate surface area is 197 Å². The number of benzene rings is 2. The lowest BCUT2D eigenvalue weighted by molar-refractivity contribution is -0.123. The fraction of sp³-hybridized carbons (Fsp3) is 0.440. The number of aliphatic imine (C=N–C) groups is 1. The molecule has 0 saturated carbocycles. The summed E-state index contributed by atoms with van der Waals surface area (Å²) in [6.07, 6.45) is 0.830. The Balaban J connectivity index is 1.78. The van der Waals surface area contributed by atoms with Crippen LogP contribution in [0.25, 0.3) is 0 Å². The fourth-order valence-electron chi connectivity index (χ4n) is 4.16. The lowest BCUT2D eigenvalue weighted by Crippen LogP contribution is -2.48. The molecule has 2 aromatic rings. The minimum atomic E-state index is -3.65. The van der Waals surface area contributed by atoms with Gasteiger partial charge in [0.15, 0.2) is 0 Å². The van der Waals surface area contributed by atoms with Crippen LogP contribution in [0.5, 0.6) is 0 Å². The molecule has 1 amide bonds. The van der Waals surface area contributed by atoms with Crippen molar-refractivity contribution < 1.29 is 13.2 Å². The summed E-state index contributed by atoms with van der Waals surface area (Å²) in [7, 11) is -3.65. The van der Waals surface area contributed by atoms with Gasteiger partial charge in [0.1, 0.15) is 11.9 Å². The number of sulfonamides is 1. The first-order chi connectivity index (χ1) is 15.8. The molecule has 0 saturated heterocycles. The van der Waals surface area contributed by atoms with E-state index in [1.54, 1.807) is 24.3 Å². The molecule has 0 aliphatic carbocycles. The van der Waals surface area contributed by atoms with Crippen LogP contribution < -0.4 is 10.0 Å². The molecule has 178 valence electrons. The second kappa shape index (κ2) is 10.9. The van der Waals surface area contributed by atoms with Gasteiger partial charge in [0.05, 0.1) is 4.90 Å². The zero-order valence-electron chi connectivity index (χ0n) is 19.8. The summed E-state index contributed by atoms with van der Waals surface area (Å²) in [6.45, 7) is 10.3. The quantitative estimate of drug-likeness (QED) is 0.559. The molecule has 1 heterocycles. The van der Waals surface area contributed by atoms with Crippen LogP contribution in [0.3, 0.4) is 0 Å². The van der Waals surface area contributed by atoms with Crippen LogP contribution in [-0.2, 0) is 21.2 Å². The molecule has 8 heteroatoms. The molecule has 0 fully saturated rings. The summed E-state index contributed by atoms with van der Waals surface area (Å²) in [6, 6.07) is 16.4. The summed E-state index contributed by atoms with van der Waals surface area (Å²) < 4.78 is 27.3. The number of amides is 1. The smallest absolute Gasteiger partial charge is 0.263 e. The van der Waals surface area contributed by atoms with Crippen molar-refractivity contribution in [3.63, 3.8) is 0 Å². The first-order valence-electron chi connectivity index (χ1n) is 11.5. The highest BCUT2D eigenvalue weighted by Gasteiger charge is 2.32. The van der Waals surface area contributed by atoms with Crippen molar-refractivity contribution >= 4 is 21.8 Å². The first-order valence-corrected chi connectivity index (χ1v) is 13.0. The van der Waals surface area contributed by atoms with Gasteiger partial charge in [-0.05, 0) is 43.1 Å². The average molecular weight is 471 g/mol. The molecular formula is C25H34N4O3S. The molecule has 3 rings (SSSR count). The van der Waals surface area contributed by atoms with Crippen LogP contribution in [0.15, 0.2) is 64.5 Å². The largest absolute Gasteiger partial charge is 0.353 e. The van der Waals surface area contributed by atoms with E-state index in [0.29, 0.717) is 12.1 Å². The predicted molar refractivity (Wildman–Crippen MR) is 132 cm³/mol. The number of carbonyl (C=O) groups excluding carboxylic acids is 1. The number of amidine groups is 1.